The van der Waals surface area contributed by atoms with Crippen molar-refractivity contribution in [3.63, 3.8) is 0 Å². The van der Waals surface area contributed by atoms with E-state index in [1.54, 1.807) is 13.0 Å². The number of amides is 3. The molecular weight excluding hydrogens is 424 g/mol. The van der Waals surface area contributed by atoms with E-state index >= 15 is 0 Å². The minimum Gasteiger partial charge on any atom is -0.445 e. The second-order valence-electron chi connectivity index (χ2n) is 10.4. The molecule has 8 nitrogen and oxygen atoms in total. The summed E-state index contributed by atoms with van der Waals surface area (Å²) in [5, 5.41) is 0.763. The molecule has 2 atom stereocenters. The first kappa shape index (κ1) is 29.1. The maximum atomic E-state index is 12.5. The van der Waals surface area contributed by atoms with Gasteiger partial charge in [0.2, 0.25) is 5.91 Å². The Hall–Kier alpha value is -1.93. The van der Waals surface area contributed by atoms with E-state index in [2.05, 4.69) is 12.3 Å². The fourth-order valence-electron chi connectivity index (χ4n) is 3.53. The Morgan fingerprint density at radius 1 is 1.09 bits per heavy atom. The number of rotatable bonds is 14. The largest absolute Gasteiger partial charge is 0.445 e. The molecule has 3 amide bonds. The van der Waals surface area contributed by atoms with E-state index in [9.17, 15) is 14.4 Å². The number of allylic oxidation sites excluding steroid dienone is 1. The lowest BCUT2D eigenvalue weighted by molar-refractivity contribution is -0.399. The predicted octanol–water partition coefficient (Wildman–Crippen LogP) is 5.61. The number of hydrogen-bond acceptors (Lipinski definition) is 6. The van der Waals surface area contributed by atoms with Gasteiger partial charge >= 0.3 is 6.09 Å². The zero-order chi connectivity index (χ0) is 25.1. The summed E-state index contributed by atoms with van der Waals surface area (Å²) in [7, 11) is 0. The number of nitrogens with zero attached hydrogens (tertiary/aromatic N) is 1. The number of nitrogens with one attached hydrogen (secondary N) is 1. The summed E-state index contributed by atoms with van der Waals surface area (Å²) in [6.45, 7) is 13.2. The van der Waals surface area contributed by atoms with Gasteiger partial charge in [-0.1, -0.05) is 51.2 Å². The molecule has 1 fully saturated rings. The summed E-state index contributed by atoms with van der Waals surface area (Å²) in [6, 6.07) is 0. The van der Waals surface area contributed by atoms with E-state index in [-0.39, 0.29) is 6.42 Å². The first-order valence-corrected chi connectivity index (χ1v) is 12.2. The number of imide groups is 1. The van der Waals surface area contributed by atoms with Crippen LogP contribution in [0.3, 0.4) is 0 Å². The van der Waals surface area contributed by atoms with Crippen LogP contribution in [0.15, 0.2) is 12.2 Å². The molecule has 1 rings (SSSR count). The summed E-state index contributed by atoms with van der Waals surface area (Å²) in [4.78, 5) is 47.8. The minimum atomic E-state index is -0.853. The molecule has 0 aromatic heterocycles. The van der Waals surface area contributed by atoms with Gasteiger partial charge in [-0.3, -0.25) is 9.59 Å². The first-order chi connectivity index (χ1) is 15.3. The van der Waals surface area contributed by atoms with Crippen molar-refractivity contribution < 1.29 is 28.9 Å². The number of hydrogen-bond donors (Lipinski definition) is 1. The highest BCUT2D eigenvalue weighted by Crippen LogP contribution is 2.23. The van der Waals surface area contributed by atoms with Crippen molar-refractivity contribution >= 4 is 17.9 Å². The molecule has 1 heterocycles. The summed E-state index contributed by atoms with van der Waals surface area (Å²) in [5.41, 5.74) is 1.12. The Morgan fingerprint density at radius 3 is 2.36 bits per heavy atom. The summed E-state index contributed by atoms with van der Waals surface area (Å²) in [6.07, 6.45) is 10.9. The van der Waals surface area contributed by atoms with Crippen molar-refractivity contribution in [2.75, 3.05) is 0 Å². The Labute approximate surface area is 199 Å². The van der Waals surface area contributed by atoms with Crippen molar-refractivity contribution in [3.8, 4) is 0 Å². The van der Waals surface area contributed by atoms with Gasteiger partial charge in [0.25, 0.3) is 5.91 Å². The third-order valence-electron chi connectivity index (χ3n) is 5.08. The summed E-state index contributed by atoms with van der Waals surface area (Å²) in [5.74, 6) is -1.43. The average Bonchev–Trinajstić information content (AvgIpc) is 2.95. The molecule has 0 aromatic rings. The highest BCUT2D eigenvalue weighted by molar-refractivity contribution is 6.05. The van der Waals surface area contributed by atoms with E-state index in [1.165, 1.54) is 32.1 Å². The van der Waals surface area contributed by atoms with Crippen LogP contribution in [0.2, 0.25) is 0 Å². The average molecular weight is 469 g/mol. The Kier molecular flexibility index (Phi) is 12.1. The van der Waals surface area contributed by atoms with Gasteiger partial charge in [0.15, 0.2) is 0 Å². The normalized spacial score (nSPS) is 18.3. The van der Waals surface area contributed by atoms with Crippen molar-refractivity contribution in [1.82, 2.24) is 10.4 Å². The molecule has 2 unspecified atom stereocenters. The third kappa shape index (κ3) is 12.2. The number of ether oxygens (including phenoxy) is 1. The Bertz CT molecular complexity index is 668. The van der Waals surface area contributed by atoms with Crippen LogP contribution in [0.5, 0.6) is 0 Å². The highest BCUT2D eigenvalue weighted by Gasteiger charge is 2.39. The predicted molar refractivity (Wildman–Crippen MR) is 127 cm³/mol. The topological polar surface area (TPSA) is 94.2 Å². The van der Waals surface area contributed by atoms with Gasteiger partial charge in [-0.05, 0) is 54.4 Å². The Morgan fingerprint density at radius 2 is 1.73 bits per heavy atom. The quantitative estimate of drug-likeness (QED) is 0.117. The molecule has 0 bridgehead atoms. The lowest BCUT2D eigenvalue weighted by Crippen LogP contribution is -2.47. The molecule has 0 saturated carbocycles. The maximum Gasteiger partial charge on any atom is 0.426 e. The third-order valence-corrected chi connectivity index (χ3v) is 5.08. The van der Waals surface area contributed by atoms with Gasteiger partial charge in [-0.2, -0.15) is 5.01 Å². The molecule has 0 radical (unpaired) electrons. The van der Waals surface area contributed by atoms with E-state index in [1.807, 2.05) is 40.7 Å². The van der Waals surface area contributed by atoms with E-state index in [0.717, 1.165) is 17.9 Å². The molecule has 33 heavy (non-hydrogen) atoms. The van der Waals surface area contributed by atoms with Gasteiger partial charge in [-0.25, -0.2) is 20.0 Å². The number of carbonyl (C=O) groups is 3. The number of unbranched alkanes of at least 4 members (excludes halogenated alkanes) is 6. The zero-order valence-electron chi connectivity index (χ0n) is 21.6. The molecule has 1 aliphatic heterocycles. The standard InChI is InChI=1S/C25H44N2O6/c1-8-9-10-11-12-13-14-15-16-20-17-21(28)27(22(20)29)26-23(30)31-19(2)18-25(6,7)33-32-24(3,4)5/h15-16,19-20H,8-14,17-18H2,1-7H3,(H,26,30). The number of carbonyl (C=O) groups excluding carboxylic acids is 3. The molecule has 1 saturated heterocycles. The fourth-order valence-corrected chi connectivity index (χ4v) is 3.53. The second kappa shape index (κ2) is 13.7. The summed E-state index contributed by atoms with van der Waals surface area (Å²) >= 11 is 0. The molecule has 190 valence electrons. The fraction of sp³-hybridized carbons (Fsp3) is 0.800. The monoisotopic (exact) mass is 468 g/mol. The highest BCUT2D eigenvalue weighted by atomic mass is 17.2. The lowest BCUT2D eigenvalue weighted by Gasteiger charge is -2.30. The van der Waals surface area contributed by atoms with E-state index in [4.69, 9.17) is 14.5 Å². The van der Waals surface area contributed by atoms with Crippen molar-refractivity contribution in [2.24, 2.45) is 5.92 Å². The molecule has 0 spiro atoms. The number of hydrazine groups is 1. The molecule has 1 aliphatic rings. The van der Waals surface area contributed by atoms with Gasteiger partial charge in [0.05, 0.1) is 11.5 Å². The maximum absolute atomic E-state index is 12.5. The summed E-state index contributed by atoms with van der Waals surface area (Å²) < 4.78 is 5.32. The molecular formula is C25H44N2O6. The molecule has 8 heteroatoms. The van der Waals surface area contributed by atoms with Crippen LogP contribution < -0.4 is 5.43 Å². The van der Waals surface area contributed by atoms with Gasteiger partial charge in [0, 0.05) is 12.8 Å². The van der Waals surface area contributed by atoms with Crippen LogP contribution in [-0.2, 0) is 24.1 Å². The molecule has 0 aliphatic carbocycles. The molecule has 1 N–H and O–H groups in total. The zero-order valence-corrected chi connectivity index (χ0v) is 21.6. The van der Waals surface area contributed by atoms with Gasteiger partial charge in [-0.15, -0.1) is 0 Å². The van der Waals surface area contributed by atoms with Gasteiger partial charge < -0.3 is 4.74 Å². The van der Waals surface area contributed by atoms with Gasteiger partial charge in [0.1, 0.15) is 11.7 Å². The van der Waals surface area contributed by atoms with Crippen LogP contribution in [0.25, 0.3) is 0 Å². The van der Waals surface area contributed by atoms with Crippen LogP contribution in [0, 0.1) is 5.92 Å². The van der Waals surface area contributed by atoms with Crippen LogP contribution >= 0.6 is 0 Å². The van der Waals surface area contributed by atoms with Crippen LogP contribution in [0.1, 0.15) is 106 Å². The first-order valence-electron chi connectivity index (χ1n) is 12.2. The molecule has 0 aromatic carbocycles. The van der Waals surface area contributed by atoms with Crippen LogP contribution in [0.4, 0.5) is 4.79 Å². The smallest absolute Gasteiger partial charge is 0.426 e. The second-order valence-corrected chi connectivity index (χ2v) is 10.4. The van der Waals surface area contributed by atoms with Crippen molar-refractivity contribution in [2.45, 2.75) is 124 Å². The Balaban J connectivity index is 2.42. The van der Waals surface area contributed by atoms with E-state index < -0.39 is 41.1 Å². The van der Waals surface area contributed by atoms with Crippen molar-refractivity contribution in [1.29, 1.82) is 0 Å². The van der Waals surface area contributed by atoms with Crippen LogP contribution in [-0.4, -0.2) is 40.2 Å². The SMILES string of the molecule is CCCCCCCCC=CC1CC(=O)N(NC(=O)OC(C)CC(C)(C)OOC(C)(C)C)C1=O. The van der Waals surface area contributed by atoms with Crippen molar-refractivity contribution in [3.05, 3.63) is 12.2 Å². The van der Waals surface area contributed by atoms with E-state index in [0.29, 0.717) is 6.42 Å². The lowest BCUT2D eigenvalue weighted by atomic mass is 10.0. The minimum absolute atomic E-state index is 0.0483.